The van der Waals surface area contributed by atoms with E-state index >= 15 is 0 Å². The van der Waals surface area contributed by atoms with Crippen LogP contribution >= 0.6 is 0 Å². The lowest BCUT2D eigenvalue weighted by molar-refractivity contribution is 0.102. The monoisotopic (exact) mass is 296 g/mol. The molecule has 1 amide bonds. The molecule has 3 aromatic rings. The lowest BCUT2D eigenvalue weighted by Crippen LogP contribution is -2.11. The van der Waals surface area contributed by atoms with E-state index in [9.17, 15) is 4.79 Å². The third-order valence-electron chi connectivity index (χ3n) is 3.84. The molecule has 0 unspecified atom stereocenters. The zero-order valence-corrected chi connectivity index (χ0v) is 11.9. The molecule has 0 spiro atoms. The van der Waals surface area contributed by atoms with E-state index in [2.05, 4.69) is 20.3 Å². The van der Waals surface area contributed by atoms with E-state index < -0.39 is 0 Å². The summed E-state index contributed by atoms with van der Waals surface area (Å²) in [7, 11) is 0. The first kappa shape index (κ1) is 13.1. The molecule has 112 valence electrons. The van der Waals surface area contributed by atoms with Gasteiger partial charge in [0.25, 0.3) is 5.91 Å². The lowest BCUT2D eigenvalue weighted by atomic mass is 10.2. The Bertz CT molecular complexity index is 801. The van der Waals surface area contributed by atoms with Gasteiger partial charge in [-0.1, -0.05) is 0 Å². The molecule has 1 atom stereocenters. The Balaban J connectivity index is 1.58. The first-order chi connectivity index (χ1) is 10.8. The smallest absolute Gasteiger partial charge is 0.272 e. The first-order valence-corrected chi connectivity index (χ1v) is 7.35. The van der Waals surface area contributed by atoms with Gasteiger partial charge in [0.1, 0.15) is 17.6 Å². The third-order valence-corrected chi connectivity index (χ3v) is 3.84. The Morgan fingerprint density at radius 3 is 3.09 bits per heavy atom. The lowest BCUT2D eigenvalue weighted by Gasteiger charge is -2.04. The summed E-state index contributed by atoms with van der Waals surface area (Å²) < 4.78 is 5.64. The highest BCUT2D eigenvalue weighted by Crippen LogP contribution is 2.28. The van der Waals surface area contributed by atoms with E-state index in [0.29, 0.717) is 5.69 Å². The number of carbonyl (C=O) groups excluding carboxylic acids is 1. The van der Waals surface area contributed by atoms with Gasteiger partial charge in [-0.25, -0.2) is 4.98 Å². The molecule has 1 fully saturated rings. The van der Waals surface area contributed by atoms with Crippen molar-refractivity contribution in [3.05, 3.63) is 48.0 Å². The minimum Gasteiger partial charge on any atom is -0.370 e. The van der Waals surface area contributed by atoms with Crippen LogP contribution in [-0.2, 0) is 4.74 Å². The van der Waals surface area contributed by atoms with Gasteiger partial charge >= 0.3 is 0 Å². The Morgan fingerprint density at radius 2 is 2.32 bits per heavy atom. The van der Waals surface area contributed by atoms with Gasteiger partial charge in [-0.3, -0.25) is 4.79 Å². The number of hydrogen-bond donors (Lipinski definition) is 3. The number of H-pyrrole nitrogens is 2. The van der Waals surface area contributed by atoms with E-state index in [1.807, 2.05) is 18.2 Å². The molecular weight excluding hydrogens is 280 g/mol. The fourth-order valence-electron chi connectivity index (χ4n) is 2.72. The van der Waals surface area contributed by atoms with Crippen molar-refractivity contribution in [1.82, 2.24) is 15.0 Å². The highest BCUT2D eigenvalue weighted by atomic mass is 16.5. The van der Waals surface area contributed by atoms with Gasteiger partial charge in [-0.15, -0.1) is 0 Å². The van der Waals surface area contributed by atoms with Gasteiger partial charge in [0.05, 0.1) is 11.0 Å². The topological polar surface area (TPSA) is 82.8 Å². The molecule has 0 saturated carbocycles. The number of nitrogens with one attached hydrogen (secondary N) is 3. The van der Waals surface area contributed by atoms with E-state index in [4.69, 9.17) is 4.74 Å². The van der Waals surface area contributed by atoms with Crippen molar-refractivity contribution < 1.29 is 9.53 Å². The maximum absolute atomic E-state index is 12.0. The molecule has 1 saturated heterocycles. The van der Waals surface area contributed by atoms with Gasteiger partial charge < -0.3 is 20.0 Å². The molecule has 4 rings (SSSR count). The average molecular weight is 296 g/mol. The van der Waals surface area contributed by atoms with Crippen molar-refractivity contribution in [3.63, 3.8) is 0 Å². The summed E-state index contributed by atoms with van der Waals surface area (Å²) in [6.07, 6.45) is 3.85. The largest absolute Gasteiger partial charge is 0.370 e. The summed E-state index contributed by atoms with van der Waals surface area (Å²) in [6, 6.07) is 9.17. The van der Waals surface area contributed by atoms with Crippen molar-refractivity contribution in [1.29, 1.82) is 0 Å². The van der Waals surface area contributed by atoms with Crippen LogP contribution in [0.2, 0.25) is 0 Å². The molecule has 3 N–H and O–H groups in total. The van der Waals surface area contributed by atoms with Crippen LogP contribution in [0.3, 0.4) is 0 Å². The molecule has 1 aromatic carbocycles. The normalized spacial score (nSPS) is 17.9. The summed E-state index contributed by atoms with van der Waals surface area (Å²) in [4.78, 5) is 22.8. The first-order valence-electron chi connectivity index (χ1n) is 7.35. The second-order valence-corrected chi connectivity index (χ2v) is 5.39. The molecule has 3 heterocycles. The molecule has 1 aliphatic rings. The van der Waals surface area contributed by atoms with Crippen molar-refractivity contribution >= 4 is 22.6 Å². The molecule has 0 radical (unpaired) electrons. The number of imidazole rings is 1. The van der Waals surface area contributed by atoms with E-state index in [-0.39, 0.29) is 12.0 Å². The maximum Gasteiger partial charge on any atom is 0.272 e. The number of fused-ring (bicyclic) bond motifs is 1. The predicted molar refractivity (Wildman–Crippen MR) is 82.8 cm³/mol. The quantitative estimate of drug-likeness (QED) is 0.695. The van der Waals surface area contributed by atoms with Crippen LogP contribution in [0.25, 0.3) is 11.0 Å². The second kappa shape index (κ2) is 5.31. The summed E-state index contributed by atoms with van der Waals surface area (Å²) in [5, 5.41) is 2.87. The van der Waals surface area contributed by atoms with Crippen molar-refractivity contribution in [2.75, 3.05) is 11.9 Å². The molecular formula is C16H16N4O2. The number of carbonyl (C=O) groups is 1. The highest BCUT2D eigenvalue weighted by molar-refractivity contribution is 6.03. The van der Waals surface area contributed by atoms with E-state index in [0.717, 1.165) is 42.0 Å². The van der Waals surface area contributed by atoms with Crippen molar-refractivity contribution in [2.45, 2.75) is 18.9 Å². The zero-order valence-electron chi connectivity index (χ0n) is 11.9. The van der Waals surface area contributed by atoms with Crippen LogP contribution in [0, 0.1) is 0 Å². The van der Waals surface area contributed by atoms with Gasteiger partial charge in [0, 0.05) is 18.5 Å². The van der Waals surface area contributed by atoms with Crippen LogP contribution in [0.4, 0.5) is 5.69 Å². The standard InChI is InChI=1S/C16H16N4O2/c21-16(12-3-1-7-17-12)18-10-5-6-11-13(9-10)20-15(19-11)14-4-2-8-22-14/h1,3,5-7,9,14,17H,2,4,8H2,(H,18,21)(H,19,20)/t14-/m0/s1. The molecule has 2 aromatic heterocycles. The Kier molecular flexibility index (Phi) is 3.16. The van der Waals surface area contributed by atoms with Crippen molar-refractivity contribution in [3.8, 4) is 0 Å². The Labute approximate surface area is 126 Å². The third kappa shape index (κ3) is 2.37. The summed E-state index contributed by atoms with van der Waals surface area (Å²) in [5.74, 6) is 0.698. The highest BCUT2D eigenvalue weighted by Gasteiger charge is 2.21. The number of rotatable bonds is 3. The van der Waals surface area contributed by atoms with Crippen LogP contribution < -0.4 is 5.32 Å². The fraction of sp³-hybridized carbons (Fsp3) is 0.250. The van der Waals surface area contributed by atoms with Gasteiger partial charge in [-0.05, 0) is 43.2 Å². The van der Waals surface area contributed by atoms with E-state index in [1.54, 1.807) is 18.3 Å². The van der Waals surface area contributed by atoms with Crippen LogP contribution in [0.5, 0.6) is 0 Å². The minimum absolute atomic E-state index is 0.0596. The van der Waals surface area contributed by atoms with Gasteiger partial charge in [0.2, 0.25) is 0 Å². The number of hydrogen-bond acceptors (Lipinski definition) is 3. The van der Waals surface area contributed by atoms with E-state index in [1.165, 1.54) is 0 Å². The number of benzene rings is 1. The van der Waals surface area contributed by atoms with Gasteiger partial charge in [0.15, 0.2) is 0 Å². The average Bonchev–Trinajstić information content (AvgIpc) is 3.26. The maximum atomic E-state index is 12.0. The molecule has 6 heteroatoms. The second-order valence-electron chi connectivity index (χ2n) is 5.39. The molecule has 1 aliphatic heterocycles. The zero-order chi connectivity index (χ0) is 14.9. The summed E-state index contributed by atoms with van der Waals surface area (Å²) >= 11 is 0. The molecule has 0 bridgehead atoms. The van der Waals surface area contributed by atoms with Crippen LogP contribution in [0.15, 0.2) is 36.5 Å². The number of aromatic amines is 2. The number of ether oxygens (including phenoxy) is 1. The number of nitrogens with zero attached hydrogens (tertiary/aromatic N) is 1. The van der Waals surface area contributed by atoms with Gasteiger partial charge in [-0.2, -0.15) is 0 Å². The van der Waals surface area contributed by atoms with Crippen LogP contribution in [0.1, 0.15) is 35.3 Å². The van der Waals surface area contributed by atoms with Crippen molar-refractivity contribution in [2.24, 2.45) is 0 Å². The Hall–Kier alpha value is -2.60. The number of amides is 1. The SMILES string of the molecule is O=C(Nc1ccc2nc([C@@H]3CCCO3)[nH]c2c1)c1ccc[nH]1. The number of aromatic nitrogens is 3. The molecule has 22 heavy (non-hydrogen) atoms. The fourth-order valence-corrected chi connectivity index (χ4v) is 2.72. The molecule has 0 aliphatic carbocycles. The Morgan fingerprint density at radius 1 is 1.36 bits per heavy atom. The summed E-state index contributed by atoms with van der Waals surface area (Å²) in [5.41, 5.74) is 3.04. The number of anilines is 1. The summed E-state index contributed by atoms with van der Waals surface area (Å²) in [6.45, 7) is 0.791. The van der Waals surface area contributed by atoms with Crippen LogP contribution in [-0.4, -0.2) is 27.5 Å². The minimum atomic E-state index is -0.164. The molecule has 6 nitrogen and oxygen atoms in total. The predicted octanol–water partition coefficient (Wildman–Crippen LogP) is 2.99.